The Bertz CT molecular complexity index is 899. The van der Waals surface area contributed by atoms with Crippen LogP contribution < -0.4 is 5.73 Å². The predicted octanol–water partition coefficient (Wildman–Crippen LogP) is 0.958. The molecule has 1 aromatic carbocycles. The fourth-order valence-corrected chi connectivity index (χ4v) is 3.95. The average Bonchev–Trinajstić information content (AvgIpc) is 3.24. The molecule has 1 aliphatic heterocycles. The summed E-state index contributed by atoms with van der Waals surface area (Å²) in [5.41, 5.74) is 3.44. The number of fused-ring (bicyclic) bond motifs is 2. The van der Waals surface area contributed by atoms with E-state index < -0.39 is 47.5 Å². The lowest BCUT2D eigenvalue weighted by Gasteiger charge is -2.30. The zero-order valence-electron chi connectivity index (χ0n) is 13.8. The van der Waals surface area contributed by atoms with Crippen LogP contribution in [0.3, 0.4) is 0 Å². The van der Waals surface area contributed by atoms with E-state index in [9.17, 15) is 27.5 Å². The minimum atomic E-state index is -4.96. The third-order valence-electron chi connectivity index (χ3n) is 5.12. The number of aromatic nitrogens is 3. The molecular weight excluding hydrogens is 370 g/mol. The standard InChI is InChI=1S/C16H15F4N5O2/c17-8-2-1-3-9(5-8)25-14(16(18,19)20)12(22-23-25)15(27)24-6-7-4-10(26)13(24)11(7)21/h1-3,5,7,10-11,13,26H,4,6,21H2/t7-,10+,11-,13-/m1/s1. The van der Waals surface area contributed by atoms with E-state index in [4.69, 9.17) is 5.73 Å². The summed E-state index contributed by atoms with van der Waals surface area (Å²) in [5.74, 6) is -1.94. The number of nitrogens with two attached hydrogens (primary N) is 1. The number of halogens is 4. The molecule has 144 valence electrons. The Morgan fingerprint density at radius 1 is 1.33 bits per heavy atom. The second kappa shape index (κ2) is 5.99. The number of nitrogens with zero attached hydrogens (tertiary/aromatic N) is 4. The first-order valence-corrected chi connectivity index (χ1v) is 8.22. The summed E-state index contributed by atoms with van der Waals surface area (Å²) in [7, 11) is 0. The molecule has 4 rings (SSSR count). The highest BCUT2D eigenvalue weighted by Gasteiger charge is 2.54. The fourth-order valence-electron chi connectivity index (χ4n) is 3.95. The molecule has 1 aromatic heterocycles. The van der Waals surface area contributed by atoms with Crippen LogP contribution in [0.25, 0.3) is 5.69 Å². The lowest BCUT2D eigenvalue weighted by atomic mass is 10.1. The number of carbonyl (C=O) groups is 1. The molecule has 1 amide bonds. The van der Waals surface area contributed by atoms with Crippen LogP contribution in [0.1, 0.15) is 22.6 Å². The normalized spacial score (nSPS) is 27.4. The molecule has 2 fully saturated rings. The highest BCUT2D eigenvalue weighted by molar-refractivity contribution is 5.94. The second-order valence-corrected chi connectivity index (χ2v) is 6.76. The summed E-state index contributed by atoms with van der Waals surface area (Å²) in [5, 5.41) is 16.9. The van der Waals surface area contributed by atoms with Crippen molar-refractivity contribution in [2.75, 3.05) is 6.54 Å². The number of hydrogen-bond acceptors (Lipinski definition) is 5. The maximum atomic E-state index is 13.7. The van der Waals surface area contributed by atoms with E-state index in [0.29, 0.717) is 11.1 Å². The van der Waals surface area contributed by atoms with Gasteiger partial charge in [-0.2, -0.15) is 13.2 Å². The summed E-state index contributed by atoms with van der Waals surface area (Å²) < 4.78 is 54.8. The van der Waals surface area contributed by atoms with Gasteiger partial charge in [0, 0.05) is 12.6 Å². The number of hydrogen-bond donors (Lipinski definition) is 2. The van der Waals surface area contributed by atoms with Gasteiger partial charge in [-0.25, -0.2) is 9.07 Å². The maximum Gasteiger partial charge on any atom is 0.435 e. The molecule has 11 heteroatoms. The summed E-state index contributed by atoms with van der Waals surface area (Å²) in [4.78, 5) is 13.9. The molecule has 3 N–H and O–H groups in total. The van der Waals surface area contributed by atoms with Crippen molar-refractivity contribution in [1.82, 2.24) is 19.9 Å². The number of aliphatic hydroxyl groups is 1. The first kappa shape index (κ1) is 17.9. The van der Waals surface area contributed by atoms with Crippen molar-refractivity contribution in [2.45, 2.75) is 30.8 Å². The number of alkyl halides is 3. The van der Waals surface area contributed by atoms with Crippen LogP contribution in [-0.4, -0.2) is 55.6 Å². The van der Waals surface area contributed by atoms with E-state index in [1.165, 1.54) is 12.1 Å². The van der Waals surface area contributed by atoms with Crippen molar-refractivity contribution in [1.29, 1.82) is 0 Å². The lowest BCUT2D eigenvalue weighted by molar-refractivity contribution is -0.143. The van der Waals surface area contributed by atoms with Gasteiger partial charge in [-0.3, -0.25) is 4.79 Å². The molecule has 2 bridgehead atoms. The van der Waals surface area contributed by atoms with Crippen LogP contribution in [0.5, 0.6) is 0 Å². The van der Waals surface area contributed by atoms with Crippen molar-refractivity contribution < 1.29 is 27.5 Å². The van der Waals surface area contributed by atoms with Crippen LogP contribution in [0.2, 0.25) is 0 Å². The maximum absolute atomic E-state index is 13.7. The van der Waals surface area contributed by atoms with E-state index in [1.54, 1.807) is 0 Å². The van der Waals surface area contributed by atoms with Crippen molar-refractivity contribution in [2.24, 2.45) is 11.7 Å². The van der Waals surface area contributed by atoms with Crippen molar-refractivity contribution >= 4 is 5.91 Å². The predicted molar refractivity (Wildman–Crippen MR) is 83.2 cm³/mol. The first-order valence-electron chi connectivity index (χ1n) is 8.22. The van der Waals surface area contributed by atoms with Gasteiger partial charge in [0.05, 0.1) is 17.8 Å². The fraction of sp³-hybridized carbons (Fsp3) is 0.438. The van der Waals surface area contributed by atoms with Gasteiger partial charge >= 0.3 is 6.18 Å². The Hall–Kier alpha value is -2.53. The van der Waals surface area contributed by atoms with Gasteiger partial charge in [0.25, 0.3) is 5.91 Å². The molecule has 27 heavy (non-hydrogen) atoms. The van der Waals surface area contributed by atoms with Gasteiger partial charge in [-0.1, -0.05) is 11.3 Å². The summed E-state index contributed by atoms with van der Waals surface area (Å²) in [6.45, 7) is 0.145. The second-order valence-electron chi connectivity index (χ2n) is 6.76. The zero-order valence-corrected chi connectivity index (χ0v) is 13.8. The summed E-state index contributed by atoms with van der Waals surface area (Å²) in [6.07, 6.45) is -5.45. The molecule has 2 aromatic rings. The molecular formula is C16H15F4N5O2. The smallest absolute Gasteiger partial charge is 0.391 e. The molecule has 2 aliphatic rings. The summed E-state index contributed by atoms with van der Waals surface area (Å²) >= 11 is 0. The van der Waals surface area contributed by atoms with E-state index >= 15 is 0 Å². The van der Waals surface area contributed by atoms with Gasteiger partial charge in [-0.05, 0) is 30.5 Å². The largest absolute Gasteiger partial charge is 0.435 e. The Morgan fingerprint density at radius 2 is 2.07 bits per heavy atom. The average molecular weight is 385 g/mol. The van der Waals surface area contributed by atoms with Gasteiger partial charge in [0.1, 0.15) is 5.82 Å². The Kier molecular flexibility index (Phi) is 3.96. The molecule has 0 spiro atoms. The third-order valence-corrected chi connectivity index (χ3v) is 5.12. The van der Waals surface area contributed by atoms with E-state index in [2.05, 4.69) is 10.3 Å². The lowest BCUT2D eigenvalue weighted by Crippen LogP contribution is -2.48. The van der Waals surface area contributed by atoms with Crippen molar-refractivity contribution in [3.63, 3.8) is 0 Å². The van der Waals surface area contributed by atoms with Gasteiger partial charge in [0.15, 0.2) is 11.4 Å². The van der Waals surface area contributed by atoms with Crippen LogP contribution in [0, 0.1) is 11.7 Å². The quantitative estimate of drug-likeness (QED) is 0.751. The molecule has 0 radical (unpaired) electrons. The van der Waals surface area contributed by atoms with Crippen LogP contribution in [-0.2, 0) is 6.18 Å². The van der Waals surface area contributed by atoms with Crippen LogP contribution in [0.4, 0.5) is 17.6 Å². The molecule has 2 heterocycles. The number of rotatable bonds is 2. The number of piperidine rings is 1. The number of likely N-dealkylation sites (tertiary alicyclic amines) is 1. The molecule has 1 saturated carbocycles. The van der Waals surface area contributed by atoms with E-state index in [1.807, 2.05) is 0 Å². The number of carbonyl (C=O) groups excluding carboxylic acids is 1. The first-order chi connectivity index (χ1) is 12.7. The number of amides is 1. The van der Waals surface area contributed by atoms with Crippen molar-refractivity contribution in [3.8, 4) is 5.69 Å². The Labute approximate surface area is 150 Å². The molecule has 7 nitrogen and oxygen atoms in total. The number of benzene rings is 1. The van der Waals surface area contributed by atoms with Gasteiger partial charge in [0.2, 0.25) is 0 Å². The molecule has 0 unspecified atom stereocenters. The Balaban J connectivity index is 1.77. The SMILES string of the molecule is N[C@@H]1[C@@H]2C[C@H](O)[C@H]1N(C(=O)c1nnn(-c3cccc(F)c3)c1C(F)(F)F)C2. The zero-order chi connectivity index (χ0) is 19.5. The summed E-state index contributed by atoms with van der Waals surface area (Å²) in [6, 6.07) is 3.11. The van der Waals surface area contributed by atoms with Gasteiger partial charge < -0.3 is 15.7 Å². The van der Waals surface area contributed by atoms with E-state index in [-0.39, 0.29) is 18.2 Å². The topological polar surface area (TPSA) is 97.3 Å². The van der Waals surface area contributed by atoms with Crippen molar-refractivity contribution in [3.05, 3.63) is 41.5 Å². The number of aliphatic hydroxyl groups excluding tert-OH is 1. The highest BCUT2D eigenvalue weighted by atomic mass is 19.4. The third kappa shape index (κ3) is 2.77. The van der Waals surface area contributed by atoms with Gasteiger partial charge in [-0.15, -0.1) is 5.10 Å². The minimum absolute atomic E-state index is 0.145. The molecule has 1 saturated heterocycles. The van der Waals surface area contributed by atoms with Crippen LogP contribution >= 0.6 is 0 Å². The highest BCUT2D eigenvalue weighted by Crippen LogP contribution is 2.39. The minimum Gasteiger partial charge on any atom is -0.391 e. The van der Waals surface area contributed by atoms with Crippen LogP contribution in [0.15, 0.2) is 24.3 Å². The monoisotopic (exact) mass is 385 g/mol. The molecule has 1 aliphatic carbocycles. The molecule has 4 atom stereocenters. The Morgan fingerprint density at radius 3 is 2.67 bits per heavy atom. The van der Waals surface area contributed by atoms with E-state index in [0.717, 1.165) is 17.0 Å².